The molecule has 400 valence electrons. The molecule has 0 spiro atoms. The first-order chi connectivity index (χ1) is 33.6. The molecule has 3 N–H and O–H groups in total. The zero-order valence-corrected chi connectivity index (χ0v) is 43.8. The molecule has 69 heavy (non-hydrogen) atoms. The minimum absolute atomic E-state index is 0.0535. The molecule has 0 aromatic heterocycles. The number of unbranched alkanes of at least 4 members (excludes halogenated alkanes) is 27. The summed E-state index contributed by atoms with van der Waals surface area (Å²) in [6, 6.07) is 0. The number of hydrogen-bond donors (Lipinski definition) is 3. The van der Waals surface area contributed by atoms with Crippen LogP contribution in [0.15, 0.2) is 36.5 Å². The fraction of sp³-hybridized carbons (Fsp3) is 0.825. The molecule has 12 nitrogen and oxygen atoms in total. The van der Waals surface area contributed by atoms with Gasteiger partial charge in [-0.05, 0) is 70.6 Å². The van der Waals surface area contributed by atoms with Crippen molar-refractivity contribution >= 4 is 23.9 Å². The predicted molar refractivity (Wildman–Crippen MR) is 276 cm³/mol. The number of esters is 3. The summed E-state index contributed by atoms with van der Waals surface area (Å²) in [5.74, 6) is -3.13. The lowest BCUT2D eigenvalue weighted by molar-refractivity contribution is -0.301. The quantitative estimate of drug-likeness (QED) is 0.0228. The number of carbonyl (C=O) groups excluding carboxylic acids is 3. The number of allylic oxidation sites excluding steroid dienone is 6. The summed E-state index contributed by atoms with van der Waals surface area (Å²) >= 11 is 0. The highest BCUT2D eigenvalue weighted by molar-refractivity contribution is 5.74. The van der Waals surface area contributed by atoms with Crippen molar-refractivity contribution in [2.45, 2.75) is 289 Å². The second-order valence-electron chi connectivity index (χ2n) is 19.2. The second kappa shape index (κ2) is 46.0. The van der Waals surface area contributed by atoms with Gasteiger partial charge < -0.3 is 39.0 Å². The number of aliphatic carboxylic acids is 1. The average molecular weight is 977 g/mol. The maximum Gasteiger partial charge on any atom is 0.335 e. The Kier molecular flexibility index (Phi) is 42.7. The third-order valence-electron chi connectivity index (χ3n) is 12.7. The highest BCUT2D eigenvalue weighted by Crippen LogP contribution is 2.26. The van der Waals surface area contributed by atoms with Gasteiger partial charge in [0, 0.05) is 19.3 Å². The van der Waals surface area contributed by atoms with Gasteiger partial charge in [-0.2, -0.15) is 0 Å². The van der Waals surface area contributed by atoms with Crippen LogP contribution in [0.4, 0.5) is 0 Å². The molecule has 0 bridgehead atoms. The maximum absolute atomic E-state index is 13.1. The lowest BCUT2D eigenvalue weighted by Gasteiger charge is -2.40. The van der Waals surface area contributed by atoms with Crippen molar-refractivity contribution in [3.05, 3.63) is 36.5 Å². The molecule has 0 saturated carbocycles. The number of carboxylic acid groups (broad SMARTS) is 1. The Bertz CT molecular complexity index is 1350. The fourth-order valence-corrected chi connectivity index (χ4v) is 8.32. The Morgan fingerprint density at radius 3 is 1.39 bits per heavy atom. The third-order valence-corrected chi connectivity index (χ3v) is 12.7. The van der Waals surface area contributed by atoms with E-state index in [1.165, 1.54) is 77.0 Å². The van der Waals surface area contributed by atoms with E-state index in [0.717, 1.165) is 116 Å². The van der Waals surface area contributed by atoms with Crippen LogP contribution < -0.4 is 0 Å². The van der Waals surface area contributed by atoms with Crippen molar-refractivity contribution in [1.82, 2.24) is 0 Å². The zero-order chi connectivity index (χ0) is 50.4. The predicted octanol–water partition coefficient (Wildman–Crippen LogP) is 13.7. The van der Waals surface area contributed by atoms with Gasteiger partial charge in [0.1, 0.15) is 18.8 Å². The monoisotopic (exact) mass is 977 g/mol. The average Bonchev–Trinajstić information content (AvgIpc) is 3.33. The normalized spacial score (nSPS) is 18.9. The van der Waals surface area contributed by atoms with Crippen molar-refractivity contribution in [2.75, 3.05) is 13.2 Å². The van der Waals surface area contributed by atoms with Gasteiger partial charge in [0.2, 0.25) is 0 Å². The Morgan fingerprint density at radius 1 is 0.478 bits per heavy atom. The lowest BCUT2D eigenvalue weighted by atomic mass is 9.98. The van der Waals surface area contributed by atoms with Crippen molar-refractivity contribution in [2.24, 2.45) is 0 Å². The molecular weight excluding hydrogens is 877 g/mol. The minimum atomic E-state index is -1.90. The summed E-state index contributed by atoms with van der Waals surface area (Å²) in [6.45, 7) is 5.91. The molecule has 1 aliphatic rings. The molecule has 0 amide bonds. The van der Waals surface area contributed by atoms with Crippen molar-refractivity contribution < 1.29 is 58.2 Å². The third kappa shape index (κ3) is 36.5. The number of carboxylic acids is 1. The van der Waals surface area contributed by atoms with Crippen LogP contribution in [0.3, 0.4) is 0 Å². The van der Waals surface area contributed by atoms with E-state index < -0.39 is 67.3 Å². The van der Waals surface area contributed by atoms with Crippen molar-refractivity contribution in [3.8, 4) is 0 Å². The first-order valence-corrected chi connectivity index (χ1v) is 28.0. The Labute approximate surface area is 419 Å². The molecule has 1 fully saturated rings. The number of ether oxygens (including phenoxy) is 5. The van der Waals surface area contributed by atoms with Crippen LogP contribution in [0.25, 0.3) is 0 Å². The number of aliphatic hydroxyl groups excluding tert-OH is 2. The second-order valence-corrected chi connectivity index (χ2v) is 19.2. The van der Waals surface area contributed by atoms with Crippen molar-refractivity contribution in [3.63, 3.8) is 0 Å². The highest BCUT2D eigenvalue weighted by atomic mass is 16.7. The fourth-order valence-electron chi connectivity index (χ4n) is 8.32. The first kappa shape index (κ1) is 64.0. The van der Waals surface area contributed by atoms with Crippen LogP contribution in [-0.2, 0) is 42.9 Å². The summed E-state index contributed by atoms with van der Waals surface area (Å²) in [5, 5.41) is 31.4. The first-order valence-electron chi connectivity index (χ1n) is 28.0. The summed E-state index contributed by atoms with van der Waals surface area (Å²) < 4.78 is 28.3. The molecule has 6 atom stereocenters. The lowest BCUT2D eigenvalue weighted by Crippen LogP contribution is -2.61. The van der Waals surface area contributed by atoms with E-state index in [4.69, 9.17) is 23.7 Å². The molecule has 1 saturated heterocycles. The van der Waals surface area contributed by atoms with E-state index in [0.29, 0.717) is 19.3 Å². The number of aliphatic hydroxyl groups is 2. The topological polar surface area (TPSA) is 175 Å². The van der Waals surface area contributed by atoms with Gasteiger partial charge in [-0.1, -0.05) is 198 Å². The molecule has 6 unspecified atom stereocenters. The van der Waals surface area contributed by atoms with Crippen molar-refractivity contribution in [1.29, 1.82) is 0 Å². The Hall–Kier alpha value is -3.06. The number of hydrogen-bond acceptors (Lipinski definition) is 11. The van der Waals surface area contributed by atoms with E-state index >= 15 is 0 Å². The van der Waals surface area contributed by atoms with Gasteiger partial charge in [-0.25, -0.2) is 4.79 Å². The molecule has 0 aromatic carbocycles. The van der Waals surface area contributed by atoms with E-state index in [1.54, 1.807) is 0 Å². The van der Waals surface area contributed by atoms with Gasteiger partial charge in [0.25, 0.3) is 0 Å². The van der Waals surface area contributed by atoms with Crippen LogP contribution in [-0.4, -0.2) is 89.2 Å². The summed E-state index contributed by atoms with van der Waals surface area (Å²) in [4.78, 5) is 50.9. The molecule has 12 heteroatoms. The number of rotatable bonds is 47. The van der Waals surface area contributed by atoms with Crippen LogP contribution in [0.2, 0.25) is 0 Å². The Balaban J connectivity index is 2.69. The summed E-state index contributed by atoms with van der Waals surface area (Å²) in [7, 11) is 0. The van der Waals surface area contributed by atoms with Gasteiger partial charge >= 0.3 is 23.9 Å². The molecular formula is C57H100O12. The largest absolute Gasteiger partial charge is 0.479 e. The van der Waals surface area contributed by atoms with Crippen LogP contribution in [0, 0.1) is 0 Å². The molecule has 0 aromatic rings. The summed E-state index contributed by atoms with van der Waals surface area (Å²) in [6.07, 6.45) is 39.8. The standard InChI is InChI=1S/C57H100O12/c1-4-7-10-13-16-19-22-23-24-25-26-27-30-33-36-39-42-45-51(60)68-55-53(62)52(61)54(56(63)64)69-57(55)66-47-48(67-50(59)44-41-38-35-32-29-21-18-15-12-9-6-3)46-65-49(58)43-40-37-34-31-28-20-17-14-11-8-5-2/h14,16-17,19,23-24,48,52-55,57,61-62H,4-13,15,18,20-22,25-47H2,1-3H3,(H,63,64)/b17-14-,19-16-,24-23-. The minimum Gasteiger partial charge on any atom is -0.479 e. The van der Waals surface area contributed by atoms with Gasteiger partial charge in [-0.3, -0.25) is 14.4 Å². The molecule has 1 rings (SSSR count). The van der Waals surface area contributed by atoms with Gasteiger partial charge in [0.05, 0.1) is 6.61 Å². The molecule has 0 aliphatic carbocycles. The van der Waals surface area contributed by atoms with E-state index in [1.807, 2.05) is 0 Å². The summed E-state index contributed by atoms with van der Waals surface area (Å²) in [5.41, 5.74) is 0. The van der Waals surface area contributed by atoms with E-state index in [9.17, 15) is 34.5 Å². The maximum atomic E-state index is 13.1. The molecule has 1 heterocycles. The molecule has 1 aliphatic heterocycles. The zero-order valence-electron chi connectivity index (χ0n) is 43.8. The van der Waals surface area contributed by atoms with Crippen LogP contribution in [0.1, 0.15) is 252 Å². The molecule has 0 radical (unpaired) electrons. The van der Waals surface area contributed by atoms with Gasteiger partial charge in [0.15, 0.2) is 24.6 Å². The van der Waals surface area contributed by atoms with Crippen LogP contribution in [0.5, 0.6) is 0 Å². The SMILES string of the molecule is CCCC/C=C\CCCCCCCC(=O)OCC(COC1OC(C(=O)O)C(O)C(O)C1OC(=O)CCCCCCCCC/C=C\C/C=C\CCCCC)OC(=O)CCCCCCCCCCCCC. The van der Waals surface area contributed by atoms with E-state index in [-0.39, 0.29) is 25.9 Å². The Morgan fingerprint density at radius 2 is 0.884 bits per heavy atom. The van der Waals surface area contributed by atoms with Gasteiger partial charge in [-0.15, -0.1) is 0 Å². The smallest absolute Gasteiger partial charge is 0.335 e. The van der Waals surface area contributed by atoms with Crippen LogP contribution >= 0.6 is 0 Å². The van der Waals surface area contributed by atoms with E-state index in [2.05, 4.69) is 57.2 Å². The highest BCUT2D eigenvalue weighted by Gasteiger charge is 2.50. The number of carbonyl (C=O) groups is 4.